The van der Waals surface area contributed by atoms with Crippen LogP contribution >= 0.6 is 23.2 Å². The van der Waals surface area contributed by atoms with Crippen molar-refractivity contribution in [1.29, 1.82) is 0 Å². The van der Waals surface area contributed by atoms with Crippen LogP contribution in [0.3, 0.4) is 0 Å². The van der Waals surface area contributed by atoms with Gasteiger partial charge in [-0.25, -0.2) is 0 Å². The van der Waals surface area contributed by atoms with Crippen molar-refractivity contribution in [2.45, 2.75) is 13.8 Å². The number of rotatable bonds is 2. The van der Waals surface area contributed by atoms with Crippen LogP contribution in [0.25, 0.3) is 5.69 Å². The van der Waals surface area contributed by atoms with Crippen LogP contribution in [0.2, 0.25) is 5.02 Å². The Morgan fingerprint density at radius 1 is 1.26 bits per heavy atom. The zero-order valence-electron chi connectivity index (χ0n) is 10.4. The van der Waals surface area contributed by atoms with E-state index < -0.39 is 5.24 Å². The van der Waals surface area contributed by atoms with Crippen LogP contribution in [-0.2, 0) is 0 Å². The predicted octanol–water partition coefficient (Wildman–Crippen LogP) is 3.49. The fourth-order valence-corrected chi connectivity index (χ4v) is 2.21. The van der Waals surface area contributed by atoms with Crippen molar-refractivity contribution in [3.8, 4) is 5.69 Å². The molecule has 98 valence electrons. The molecule has 19 heavy (non-hydrogen) atoms. The van der Waals surface area contributed by atoms with Gasteiger partial charge in [-0.05, 0) is 43.1 Å². The van der Waals surface area contributed by atoms with Gasteiger partial charge in [0.1, 0.15) is 0 Å². The smallest absolute Gasteiger partial charge is 0.257 e. The number of pyridine rings is 1. The quantitative estimate of drug-likeness (QED) is 0.796. The highest BCUT2D eigenvalue weighted by Crippen LogP contribution is 2.23. The van der Waals surface area contributed by atoms with Crippen molar-refractivity contribution in [3.63, 3.8) is 0 Å². The lowest BCUT2D eigenvalue weighted by Crippen LogP contribution is -2.16. The molecule has 0 saturated heterocycles. The van der Waals surface area contributed by atoms with E-state index in [2.05, 4.69) is 0 Å². The normalized spacial score (nSPS) is 10.5. The third kappa shape index (κ3) is 2.57. The monoisotopic (exact) mass is 295 g/mol. The van der Waals surface area contributed by atoms with Crippen molar-refractivity contribution in [3.05, 3.63) is 62.5 Å². The first kappa shape index (κ1) is 13.8. The molecule has 0 amide bonds. The Balaban J connectivity index is 2.76. The highest BCUT2D eigenvalue weighted by Gasteiger charge is 2.12. The van der Waals surface area contributed by atoms with Crippen LogP contribution in [-0.4, -0.2) is 9.81 Å². The number of hydrogen-bond acceptors (Lipinski definition) is 2. The minimum absolute atomic E-state index is 0.0494. The summed E-state index contributed by atoms with van der Waals surface area (Å²) < 4.78 is 1.73. The van der Waals surface area contributed by atoms with Gasteiger partial charge in [0, 0.05) is 28.7 Å². The second-order valence-corrected chi connectivity index (χ2v) is 4.97. The molecule has 0 aliphatic carbocycles. The molecule has 0 radical (unpaired) electrons. The molecule has 1 aromatic carbocycles. The van der Waals surface area contributed by atoms with E-state index in [1.807, 2.05) is 19.1 Å². The van der Waals surface area contributed by atoms with Crippen molar-refractivity contribution >= 4 is 28.4 Å². The summed E-state index contributed by atoms with van der Waals surface area (Å²) in [6.07, 6.45) is 1.45. The lowest BCUT2D eigenvalue weighted by Gasteiger charge is -2.14. The van der Waals surface area contributed by atoms with Gasteiger partial charge in [0.05, 0.1) is 5.56 Å². The van der Waals surface area contributed by atoms with E-state index in [1.54, 1.807) is 17.6 Å². The SMILES string of the molecule is Cc1c(Cl)cccc1-n1cc(C(=O)Cl)c(=O)cc1C. The second kappa shape index (κ2) is 5.19. The molecule has 0 spiro atoms. The van der Waals surface area contributed by atoms with E-state index in [4.69, 9.17) is 23.2 Å². The lowest BCUT2D eigenvalue weighted by atomic mass is 10.1. The van der Waals surface area contributed by atoms with Gasteiger partial charge in [-0.2, -0.15) is 0 Å². The van der Waals surface area contributed by atoms with Crippen LogP contribution < -0.4 is 5.43 Å². The van der Waals surface area contributed by atoms with Crippen molar-refractivity contribution < 1.29 is 4.79 Å². The molecule has 2 aromatic rings. The first-order valence-electron chi connectivity index (χ1n) is 5.60. The number of nitrogens with zero attached hydrogens (tertiary/aromatic N) is 1. The second-order valence-electron chi connectivity index (χ2n) is 4.22. The molecule has 0 unspecified atom stereocenters. The highest BCUT2D eigenvalue weighted by molar-refractivity contribution is 6.67. The van der Waals surface area contributed by atoms with Gasteiger partial charge in [-0.3, -0.25) is 9.59 Å². The number of aryl methyl sites for hydroxylation is 1. The molecule has 5 heteroatoms. The standard InChI is InChI=1S/C14H11Cl2NO2/c1-8-6-13(18)10(14(16)19)7-17(8)12-5-3-4-11(15)9(12)2/h3-7H,1-2H3. The number of carbonyl (C=O) groups excluding carboxylic acids is 1. The molecule has 1 aromatic heterocycles. The van der Waals surface area contributed by atoms with Crippen LogP contribution in [0.1, 0.15) is 21.6 Å². The van der Waals surface area contributed by atoms with E-state index in [1.165, 1.54) is 12.3 Å². The predicted molar refractivity (Wildman–Crippen MR) is 76.7 cm³/mol. The van der Waals surface area contributed by atoms with Gasteiger partial charge in [0.2, 0.25) is 0 Å². The maximum absolute atomic E-state index is 11.7. The molecule has 0 atom stereocenters. The Kier molecular flexibility index (Phi) is 3.78. The minimum atomic E-state index is -0.765. The van der Waals surface area contributed by atoms with Gasteiger partial charge in [-0.15, -0.1) is 0 Å². The molecule has 0 aliphatic heterocycles. The van der Waals surface area contributed by atoms with Crippen LogP contribution in [0.15, 0.2) is 35.3 Å². The number of aromatic nitrogens is 1. The fourth-order valence-electron chi connectivity index (χ4n) is 1.90. The summed E-state index contributed by atoms with van der Waals surface area (Å²) in [5.74, 6) is 0. The highest BCUT2D eigenvalue weighted by atomic mass is 35.5. The Hall–Kier alpha value is -1.58. The number of carbonyl (C=O) groups is 1. The van der Waals surface area contributed by atoms with E-state index in [0.717, 1.165) is 11.3 Å². The van der Waals surface area contributed by atoms with Gasteiger partial charge >= 0.3 is 0 Å². The zero-order chi connectivity index (χ0) is 14.2. The van der Waals surface area contributed by atoms with Gasteiger partial charge in [-0.1, -0.05) is 17.7 Å². The molecule has 0 fully saturated rings. The van der Waals surface area contributed by atoms with E-state index in [9.17, 15) is 9.59 Å². The first-order valence-corrected chi connectivity index (χ1v) is 6.36. The Morgan fingerprint density at radius 2 is 1.95 bits per heavy atom. The summed E-state index contributed by atoms with van der Waals surface area (Å²) in [6, 6.07) is 6.84. The fraction of sp³-hybridized carbons (Fsp3) is 0.143. The molecule has 0 bridgehead atoms. The topological polar surface area (TPSA) is 39.1 Å². The largest absolute Gasteiger partial charge is 0.320 e. The number of hydrogen-bond donors (Lipinski definition) is 0. The summed E-state index contributed by atoms with van der Waals surface area (Å²) in [5.41, 5.74) is 1.95. The van der Waals surface area contributed by atoms with Crippen molar-refractivity contribution in [2.75, 3.05) is 0 Å². The summed E-state index contributed by atoms with van der Waals surface area (Å²) in [7, 11) is 0. The Morgan fingerprint density at radius 3 is 2.58 bits per heavy atom. The van der Waals surface area contributed by atoms with Crippen LogP contribution in [0.5, 0.6) is 0 Å². The maximum atomic E-state index is 11.7. The Labute approximate surface area is 120 Å². The molecule has 0 aliphatic rings. The third-order valence-corrected chi connectivity index (χ3v) is 3.57. The number of halogens is 2. The summed E-state index contributed by atoms with van der Waals surface area (Å²) in [6.45, 7) is 3.65. The van der Waals surface area contributed by atoms with Crippen molar-refractivity contribution in [2.24, 2.45) is 0 Å². The molecule has 3 nitrogen and oxygen atoms in total. The van der Waals surface area contributed by atoms with E-state index >= 15 is 0 Å². The summed E-state index contributed by atoms with van der Waals surface area (Å²) in [5, 5.41) is -0.146. The number of benzene rings is 1. The van der Waals surface area contributed by atoms with Crippen LogP contribution in [0, 0.1) is 13.8 Å². The molecule has 2 rings (SSSR count). The molecule has 0 saturated carbocycles. The average Bonchev–Trinajstić information content (AvgIpc) is 2.33. The molecule has 1 heterocycles. The van der Waals surface area contributed by atoms with Gasteiger partial charge in [0.25, 0.3) is 5.24 Å². The van der Waals surface area contributed by atoms with E-state index in [0.29, 0.717) is 10.7 Å². The minimum Gasteiger partial charge on any atom is -0.320 e. The summed E-state index contributed by atoms with van der Waals surface area (Å²) >= 11 is 11.5. The van der Waals surface area contributed by atoms with Gasteiger partial charge < -0.3 is 4.57 Å². The molecular weight excluding hydrogens is 285 g/mol. The van der Waals surface area contributed by atoms with E-state index in [-0.39, 0.29) is 11.0 Å². The average molecular weight is 296 g/mol. The summed E-state index contributed by atoms with van der Waals surface area (Å²) in [4.78, 5) is 22.9. The Bertz CT molecular complexity index is 720. The lowest BCUT2D eigenvalue weighted by molar-refractivity contribution is 0.108. The first-order chi connectivity index (χ1) is 8.91. The molecular formula is C14H11Cl2NO2. The zero-order valence-corrected chi connectivity index (χ0v) is 11.9. The van der Waals surface area contributed by atoms with Crippen molar-refractivity contribution in [1.82, 2.24) is 4.57 Å². The van der Waals surface area contributed by atoms with Crippen LogP contribution in [0.4, 0.5) is 0 Å². The maximum Gasteiger partial charge on any atom is 0.257 e. The van der Waals surface area contributed by atoms with Gasteiger partial charge in [0.15, 0.2) is 5.43 Å². The third-order valence-electron chi connectivity index (χ3n) is 2.95. The molecule has 0 N–H and O–H groups in total.